The average molecular weight is 545 g/mol. The SMILES string of the molecule is CCOCCCN(CC(=O)N(CCc1ccc(OC)c(OC)c1)Cc1sccc1C)C(=O)c1cccs1. The van der Waals surface area contributed by atoms with Crippen LogP contribution in [-0.4, -0.2) is 68.7 Å². The minimum Gasteiger partial charge on any atom is -0.493 e. The number of hydrogen-bond acceptors (Lipinski definition) is 7. The molecule has 37 heavy (non-hydrogen) atoms. The molecule has 0 aliphatic rings. The summed E-state index contributed by atoms with van der Waals surface area (Å²) in [6, 6.07) is 11.5. The van der Waals surface area contributed by atoms with Gasteiger partial charge in [-0.1, -0.05) is 12.1 Å². The third-order valence-electron chi connectivity index (χ3n) is 6.04. The number of hydrogen-bond donors (Lipinski definition) is 0. The van der Waals surface area contributed by atoms with E-state index in [9.17, 15) is 9.59 Å². The molecule has 0 radical (unpaired) electrons. The first-order chi connectivity index (χ1) is 18.0. The van der Waals surface area contributed by atoms with E-state index in [4.69, 9.17) is 14.2 Å². The van der Waals surface area contributed by atoms with Crippen molar-refractivity contribution in [3.8, 4) is 11.5 Å². The van der Waals surface area contributed by atoms with Crippen molar-refractivity contribution in [1.82, 2.24) is 9.80 Å². The number of rotatable bonds is 15. The number of carbonyl (C=O) groups is 2. The van der Waals surface area contributed by atoms with Gasteiger partial charge in [-0.2, -0.15) is 0 Å². The summed E-state index contributed by atoms with van der Waals surface area (Å²) in [5.41, 5.74) is 2.21. The zero-order valence-corrected chi connectivity index (χ0v) is 23.7. The molecule has 0 bridgehead atoms. The maximum Gasteiger partial charge on any atom is 0.264 e. The van der Waals surface area contributed by atoms with Crippen LogP contribution < -0.4 is 9.47 Å². The molecule has 1 aromatic carbocycles. The Hall–Kier alpha value is -2.88. The summed E-state index contributed by atoms with van der Waals surface area (Å²) in [5, 5.41) is 3.92. The van der Waals surface area contributed by atoms with E-state index in [1.807, 2.05) is 46.8 Å². The minimum atomic E-state index is -0.119. The van der Waals surface area contributed by atoms with Crippen molar-refractivity contribution in [2.24, 2.45) is 0 Å². The molecular formula is C28H36N2O5S2. The summed E-state index contributed by atoms with van der Waals surface area (Å²) in [6.45, 7) is 6.70. The second-order valence-corrected chi connectivity index (χ2v) is 10.5. The van der Waals surface area contributed by atoms with E-state index in [-0.39, 0.29) is 18.4 Å². The van der Waals surface area contributed by atoms with Gasteiger partial charge in [-0.25, -0.2) is 0 Å². The lowest BCUT2D eigenvalue weighted by Gasteiger charge is -2.28. The van der Waals surface area contributed by atoms with Gasteiger partial charge in [-0.05, 0) is 72.8 Å². The summed E-state index contributed by atoms with van der Waals surface area (Å²) in [4.78, 5) is 32.2. The molecule has 0 aliphatic heterocycles. The highest BCUT2D eigenvalue weighted by atomic mass is 32.1. The predicted molar refractivity (Wildman–Crippen MR) is 149 cm³/mol. The van der Waals surface area contributed by atoms with Crippen LogP contribution >= 0.6 is 22.7 Å². The number of ether oxygens (including phenoxy) is 3. The molecule has 0 unspecified atom stereocenters. The highest BCUT2D eigenvalue weighted by molar-refractivity contribution is 7.12. The smallest absolute Gasteiger partial charge is 0.264 e. The van der Waals surface area contributed by atoms with Crippen molar-refractivity contribution >= 4 is 34.5 Å². The Kier molecular flexibility index (Phi) is 11.4. The second-order valence-electron chi connectivity index (χ2n) is 8.54. The molecule has 2 aromatic heterocycles. The molecule has 0 atom stereocenters. The Morgan fingerprint density at radius 1 is 0.946 bits per heavy atom. The minimum absolute atomic E-state index is 0.0270. The molecule has 0 fully saturated rings. The number of carbonyl (C=O) groups excluding carboxylic acids is 2. The molecule has 0 saturated heterocycles. The molecule has 2 heterocycles. The largest absolute Gasteiger partial charge is 0.493 e. The van der Waals surface area contributed by atoms with Gasteiger partial charge in [-0.3, -0.25) is 9.59 Å². The fourth-order valence-electron chi connectivity index (χ4n) is 3.91. The van der Waals surface area contributed by atoms with Gasteiger partial charge in [0.25, 0.3) is 5.91 Å². The topological polar surface area (TPSA) is 68.3 Å². The zero-order valence-electron chi connectivity index (χ0n) is 22.0. The van der Waals surface area contributed by atoms with Gasteiger partial charge in [0.05, 0.1) is 25.6 Å². The maximum atomic E-state index is 13.7. The second kappa shape index (κ2) is 14.8. The van der Waals surface area contributed by atoms with E-state index < -0.39 is 0 Å². The third-order valence-corrected chi connectivity index (χ3v) is 7.91. The summed E-state index contributed by atoms with van der Waals surface area (Å²) < 4.78 is 16.3. The molecule has 3 aromatic rings. The first-order valence-corrected chi connectivity index (χ1v) is 14.1. The third kappa shape index (κ3) is 8.31. The molecule has 0 aliphatic carbocycles. The summed E-state index contributed by atoms with van der Waals surface area (Å²) in [6.07, 6.45) is 1.33. The lowest BCUT2D eigenvalue weighted by Crippen LogP contribution is -2.43. The van der Waals surface area contributed by atoms with Crippen LogP contribution in [0, 0.1) is 6.92 Å². The molecule has 3 rings (SSSR count). The average Bonchev–Trinajstić information content (AvgIpc) is 3.59. The molecule has 9 heteroatoms. The molecule has 2 amide bonds. The van der Waals surface area contributed by atoms with E-state index in [2.05, 4.69) is 13.0 Å². The van der Waals surface area contributed by atoms with Crippen LogP contribution in [0.25, 0.3) is 0 Å². The fraction of sp³-hybridized carbons (Fsp3) is 0.429. The van der Waals surface area contributed by atoms with E-state index in [1.165, 1.54) is 11.3 Å². The van der Waals surface area contributed by atoms with E-state index in [0.717, 1.165) is 16.0 Å². The highest BCUT2D eigenvalue weighted by Gasteiger charge is 2.24. The number of amides is 2. The van der Waals surface area contributed by atoms with Crippen LogP contribution in [0.15, 0.2) is 47.2 Å². The first-order valence-electron chi connectivity index (χ1n) is 12.4. The molecule has 200 valence electrons. The van der Waals surface area contributed by atoms with Crippen molar-refractivity contribution in [3.63, 3.8) is 0 Å². The Morgan fingerprint density at radius 3 is 2.41 bits per heavy atom. The standard InChI is InChI=1S/C28H36N2O5S2/c1-5-35-15-7-13-30(28(32)25-8-6-16-36-25)20-27(31)29(19-26-21(2)12-17-37-26)14-11-22-9-10-23(33-3)24(18-22)34-4/h6,8-10,12,16-18H,5,7,11,13-15,19-20H2,1-4H3. The van der Waals surface area contributed by atoms with Gasteiger partial charge < -0.3 is 24.0 Å². The van der Waals surface area contributed by atoms with Gasteiger partial charge in [0.1, 0.15) is 6.54 Å². The quantitative estimate of drug-likeness (QED) is 0.244. The number of methoxy groups -OCH3 is 2. The Bertz CT molecular complexity index is 1130. The monoisotopic (exact) mass is 544 g/mol. The molecule has 0 N–H and O–H groups in total. The lowest BCUT2D eigenvalue weighted by atomic mass is 10.1. The number of aryl methyl sites for hydroxylation is 1. The molecule has 7 nitrogen and oxygen atoms in total. The van der Waals surface area contributed by atoms with Crippen LogP contribution in [-0.2, 0) is 22.5 Å². The normalized spacial score (nSPS) is 10.8. The van der Waals surface area contributed by atoms with Crippen LogP contribution in [0.1, 0.15) is 39.0 Å². The summed E-state index contributed by atoms with van der Waals surface area (Å²) in [7, 11) is 3.22. The number of benzene rings is 1. The van der Waals surface area contributed by atoms with Crippen molar-refractivity contribution in [3.05, 3.63) is 68.0 Å². The van der Waals surface area contributed by atoms with Crippen molar-refractivity contribution in [2.45, 2.75) is 33.2 Å². The Labute approximate surface area is 227 Å². The molecule has 0 spiro atoms. The van der Waals surface area contributed by atoms with Crippen LogP contribution in [0.3, 0.4) is 0 Å². The van der Waals surface area contributed by atoms with Crippen molar-refractivity contribution in [1.29, 1.82) is 0 Å². The number of nitrogens with zero attached hydrogens (tertiary/aromatic N) is 2. The summed E-state index contributed by atoms with van der Waals surface area (Å²) >= 11 is 3.04. The fourth-order valence-corrected chi connectivity index (χ4v) is 5.52. The van der Waals surface area contributed by atoms with Gasteiger partial charge in [0.2, 0.25) is 5.91 Å². The zero-order chi connectivity index (χ0) is 26.6. The van der Waals surface area contributed by atoms with Crippen molar-refractivity contribution in [2.75, 3.05) is 47.1 Å². The highest BCUT2D eigenvalue weighted by Crippen LogP contribution is 2.28. The maximum absolute atomic E-state index is 13.7. The molecule has 0 saturated carbocycles. The summed E-state index contributed by atoms with van der Waals surface area (Å²) in [5.74, 6) is 1.14. The lowest BCUT2D eigenvalue weighted by molar-refractivity contribution is -0.132. The van der Waals surface area contributed by atoms with Gasteiger partial charge in [0, 0.05) is 31.2 Å². The van der Waals surface area contributed by atoms with E-state index in [0.29, 0.717) is 62.1 Å². The first kappa shape index (κ1) is 28.7. The van der Waals surface area contributed by atoms with Gasteiger partial charge in [-0.15, -0.1) is 22.7 Å². The van der Waals surface area contributed by atoms with Crippen LogP contribution in [0.4, 0.5) is 0 Å². The number of thiophene rings is 2. The van der Waals surface area contributed by atoms with Crippen LogP contribution in [0.2, 0.25) is 0 Å². The van der Waals surface area contributed by atoms with Crippen molar-refractivity contribution < 1.29 is 23.8 Å². The van der Waals surface area contributed by atoms with E-state index >= 15 is 0 Å². The van der Waals surface area contributed by atoms with Gasteiger partial charge >= 0.3 is 0 Å². The van der Waals surface area contributed by atoms with Gasteiger partial charge in [0.15, 0.2) is 11.5 Å². The van der Waals surface area contributed by atoms with E-state index in [1.54, 1.807) is 36.5 Å². The molecular weight excluding hydrogens is 508 g/mol. The Balaban J connectivity index is 1.76. The predicted octanol–water partition coefficient (Wildman–Crippen LogP) is 5.28. The van der Waals surface area contributed by atoms with Crippen LogP contribution in [0.5, 0.6) is 11.5 Å². The Morgan fingerprint density at radius 2 is 1.76 bits per heavy atom.